The van der Waals surface area contributed by atoms with Crippen LogP contribution < -0.4 is 10.2 Å². The van der Waals surface area contributed by atoms with Crippen molar-refractivity contribution in [3.8, 4) is 12.1 Å². The fraction of sp³-hybridized carbons (Fsp3) is 0.526. The maximum atomic E-state index is 13.6. The number of carbonyl (C=O) groups excluding carboxylic acids is 1. The molecule has 8 heteroatoms. The van der Waals surface area contributed by atoms with Gasteiger partial charge in [0.05, 0.1) is 30.8 Å². The lowest BCUT2D eigenvalue weighted by molar-refractivity contribution is -0.130. The summed E-state index contributed by atoms with van der Waals surface area (Å²) in [6.45, 7) is 1.42. The van der Waals surface area contributed by atoms with Crippen molar-refractivity contribution >= 4 is 11.6 Å². The minimum absolute atomic E-state index is 0.0159. The van der Waals surface area contributed by atoms with Crippen LogP contribution in [0.5, 0.6) is 0 Å². The largest absolute Gasteiger partial charge is 0.371 e. The summed E-state index contributed by atoms with van der Waals surface area (Å²) in [5.41, 5.74) is 0.976. The molecular formula is C19H21F2N5O. The van der Waals surface area contributed by atoms with Crippen LogP contribution in [-0.4, -0.2) is 55.2 Å². The lowest BCUT2D eigenvalue weighted by atomic mass is 10.0. The Labute approximate surface area is 157 Å². The minimum atomic E-state index is -1.13. The number of likely N-dealkylation sites (tertiary alicyclic amines) is 1. The van der Waals surface area contributed by atoms with Gasteiger partial charge in [-0.05, 0) is 31.0 Å². The average molecular weight is 373 g/mol. The number of carbonyl (C=O) groups is 1. The standard InChI is InChI=1S/C19H21F2N5O/c20-14-5-13(9-22)6-17(7-14)25-3-1-16(2-4-25)24-11-19(27)26-12-15(21)8-18(26)10-23/h5-7,15-16,18,24H,1-4,8,11-12H2/t15-,18-/m0/s1. The zero-order valence-electron chi connectivity index (χ0n) is 14.9. The van der Waals surface area contributed by atoms with Crippen LogP contribution in [0, 0.1) is 28.5 Å². The van der Waals surface area contributed by atoms with Gasteiger partial charge in [-0.1, -0.05) is 0 Å². The van der Waals surface area contributed by atoms with Crippen molar-refractivity contribution < 1.29 is 13.6 Å². The molecule has 0 spiro atoms. The second kappa shape index (κ2) is 8.32. The molecule has 2 heterocycles. The van der Waals surface area contributed by atoms with Crippen LogP contribution in [0.4, 0.5) is 14.5 Å². The van der Waals surface area contributed by atoms with E-state index in [0.717, 1.165) is 12.8 Å². The number of halogens is 2. The van der Waals surface area contributed by atoms with Crippen LogP contribution >= 0.6 is 0 Å². The Morgan fingerprint density at radius 1 is 1.26 bits per heavy atom. The number of benzene rings is 1. The summed E-state index contributed by atoms with van der Waals surface area (Å²) in [5.74, 6) is -0.688. The molecule has 0 unspecified atom stereocenters. The molecular weight excluding hydrogens is 352 g/mol. The lowest BCUT2D eigenvalue weighted by Gasteiger charge is -2.34. The third-order valence-corrected chi connectivity index (χ3v) is 5.13. The number of hydrogen-bond donors (Lipinski definition) is 1. The molecule has 2 fully saturated rings. The summed E-state index contributed by atoms with van der Waals surface area (Å²) < 4.78 is 27.0. The van der Waals surface area contributed by atoms with Crippen LogP contribution in [0.3, 0.4) is 0 Å². The van der Waals surface area contributed by atoms with Gasteiger partial charge >= 0.3 is 0 Å². The molecule has 0 radical (unpaired) electrons. The number of anilines is 1. The van der Waals surface area contributed by atoms with E-state index in [-0.39, 0.29) is 31.5 Å². The highest BCUT2D eigenvalue weighted by Gasteiger charge is 2.35. The van der Waals surface area contributed by atoms with E-state index in [0.29, 0.717) is 24.3 Å². The maximum absolute atomic E-state index is 13.6. The highest BCUT2D eigenvalue weighted by atomic mass is 19.1. The summed E-state index contributed by atoms with van der Waals surface area (Å²) in [7, 11) is 0. The van der Waals surface area contributed by atoms with Gasteiger partial charge in [-0.2, -0.15) is 10.5 Å². The van der Waals surface area contributed by atoms with Gasteiger partial charge in [0.15, 0.2) is 0 Å². The van der Waals surface area contributed by atoms with E-state index in [2.05, 4.69) is 5.32 Å². The molecule has 1 aromatic rings. The zero-order chi connectivity index (χ0) is 19.4. The van der Waals surface area contributed by atoms with E-state index in [4.69, 9.17) is 10.5 Å². The first-order valence-corrected chi connectivity index (χ1v) is 9.02. The molecule has 0 bridgehead atoms. The lowest BCUT2D eigenvalue weighted by Crippen LogP contribution is -2.47. The Balaban J connectivity index is 1.49. The first-order valence-electron chi connectivity index (χ1n) is 9.02. The summed E-state index contributed by atoms with van der Waals surface area (Å²) in [4.78, 5) is 15.6. The van der Waals surface area contributed by atoms with Gasteiger partial charge < -0.3 is 15.1 Å². The number of nitrogens with one attached hydrogen (secondary N) is 1. The number of hydrogen-bond acceptors (Lipinski definition) is 5. The zero-order valence-corrected chi connectivity index (χ0v) is 14.9. The highest BCUT2D eigenvalue weighted by molar-refractivity contribution is 5.79. The molecule has 3 rings (SSSR count). The molecule has 142 valence electrons. The van der Waals surface area contributed by atoms with Crippen molar-refractivity contribution in [2.75, 3.05) is 31.1 Å². The third-order valence-electron chi connectivity index (χ3n) is 5.13. The molecule has 2 atom stereocenters. The van der Waals surface area contributed by atoms with E-state index in [1.807, 2.05) is 17.0 Å². The number of nitriles is 2. The van der Waals surface area contributed by atoms with E-state index >= 15 is 0 Å². The topological polar surface area (TPSA) is 83.2 Å². The molecule has 2 aliphatic rings. The van der Waals surface area contributed by atoms with E-state index in [9.17, 15) is 13.6 Å². The van der Waals surface area contributed by atoms with Crippen molar-refractivity contribution in [3.63, 3.8) is 0 Å². The Bertz CT molecular complexity index is 779. The number of alkyl halides is 1. The second-order valence-electron chi connectivity index (χ2n) is 6.98. The Kier molecular flexibility index (Phi) is 5.88. The third kappa shape index (κ3) is 4.53. The van der Waals surface area contributed by atoms with Crippen molar-refractivity contribution in [2.24, 2.45) is 0 Å². The number of rotatable bonds is 4. The van der Waals surface area contributed by atoms with Gasteiger partial charge in [-0.15, -0.1) is 0 Å². The molecule has 0 saturated carbocycles. The van der Waals surface area contributed by atoms with Crippen LogP contribution in [0.15, 0.2) is 18.2 Å². The minimum Gasteiger partial charge on any atom is -0.371 e. The molecule has 1 N–H and O–H groups in total. The smallest absolute Gasteiger partial charge is 0.237 e. The molecule has 1 aromatic carbocycles. The van der Waals surface area contributed by atoms with Crippen molar-refractivity contribution in [2.45, 2.75) is 37.5 Å². The normalized spacial score (nSPS) is 23.1. The Hall–Kier alpha value is -2.71. The fourth-order valence-corrected chi connectivity index (χ4v) is 3.68. The monoisotopic (exact) mass is 373 g/mol. The van der Waals surface area contributed by atoms with Crippen LogP contribution in [-0.2, 0) is 4.79 Å². The van der Waals surface area contributed by atoms with Crippen molar-refractivity contribution in [1.29, 1.82) is 10.5 Å². The van der Waals surface area contributed by atoms with E-state index in [1.54, 1.807) is 6.07 Å². The van der Waals surface area contributed by atoms with Gasteiger partial charge in [-0.25, -0.2) is 8.78 Å². The quantitative estimate of drug-likeness (QED) is 0.869. The molecule has 1 amide bonds. The molecule has 2 aliphatic heterocycles. The second-order valence-corrected chi connectivity index (χ2v) is 6.98. The summed E-state index contributed by atoms with van der Waals surface area (Å²) in [6.07, 6.45) is 0.475. The molecule has 6 nitrogen and oxygen atoms in total. The predicted molar refractivity (Wildman–Crippen MR) is 95.0 cm³/mol. The predicted octanol–water partition coefficient (Wildman–Crippen LogP) is 1.72. The highest BCUT2D eigenvalue weighted by Crippen LogP contribution is 2.23. The molecule has 0 aromatic heterocycles. The number of nitrogens with zero attached hydrogens (tertiary/aromatic N) is 4. The Morgan fingerprint density at radius 3 is 2.67 bits per heavy atom. The van der Waals surface area contributed by atoms with E-state index in [1.165, 1.54) is 17.0 Å². The van der Waals surface area contributed by atoms with Crippen molar-refractivity contribution in [3.05, 3.63) is 29.6 Å². The maximum Gasteiger partial charge on any atom is 0.237 e. The van der Waals surface area contributed by atoms with Crippen LogP contribution in [0.25, 0.3) is 0 Å². The first kappa shape index (κ1) is 19.1. The van der Waals surface area contributed by atoms with E-state index < -0.39 is 18.0 Å². The average Bonchev–Trinajstić information content (AvgIpc) is 3.07. The Morgan fingerprint density at radius 2 is 2.00 bits per heavy atom. The fourth-order valence-electron chi connectivity index (χ4n) is 3.68. The molecule has 27 heavy (non-hydrogen) atoms. The van der Waals surface area contributed by atoms with Gasteiger partial charge in [0.2, 0.25) is 5.91 Å². The summed E-state index contributed by atoms with van der Waals surface area (Å²) in [6, 6.07) is 7.67. The van der Waals surface area contributed by atoms with Crippen LogP contribution in [0.2, 0.25) is 0 Å². The molecule has 2 saturated heterocycles. The van der Waals surface area contributed by atoms with Gasteiger partial charge in [-0.3, -0.25) is 4.79 Å². The van der Waals surface area contributed by atoms with Crippen LogP contribution in [0.1, 0.15) is 24.8 Å². The van der Waals surface area contributed by atoms with Gasteiger partial charge in [0, 0.05) is 31.2 Å². The van der Waals surface area contributed by atoms with Crippen molar-refractivity contribution in [1.82, 2.24) is 10.2 Å². The first-order chi connectivity index (χ1) is 13.0. The summed E-state index contributed by atoms with van der Waals surface area (Å²) in [5, 5.41) is 21.2. The SMILES string of the molecule is N#Cc1cc(F)cc(N2CCC(NCC(=O)N3C[C@@H](F)C[C@H]3C#N)CC2)c1. The van der Waals surface area contributed by atoms with Gasteiger partial charge in [0.25, 0.3) is 0 Å². The van der Waals surface area contributed by atoms with Gasteiger partial charge in [0.1, 0.15) is 18.0 Å². The number of amides is 1. The number of piperidine rings is 1. The molecule has 0 aliphatic carbocycles. The summed E-state index contributed by atoms with van der Waals surface area (Å²) >= 11 is 0.